The predicted octanol–water partition coefficient (Wildman–Crippen LogP) is 8.41. The molecule has 0 heterocycles. The van der Waals surface area contributed by atoms with Crippen molar-refractivity contribution in [2.75, 3.05) is 6.61 Å². The van der Waals surface area contributed by atoms with Gasteiger partial charge < -0.3 is 4.74 Å². The van der Waals surface area contributed by atoms with Gasteiger partial charge in [0.2, 0.25) is 0 Å². The number of benzene rings is 1. The summed E-state index contributed by atoms with van der Waals surface area (Å²) in [4.78, 5) is 31.9. The van der Waals surface area contributed by atoms with Gasteiger partial charge in [0.05, 0.1) is 17.2 Å². The quantitative estimate of drug-likeness (QED) is 0.0834. The van der Waals surface area contributed by atoms with Gasteiger partial charge in [-0.15, -0.1) is 0 Å². The minimum atomic E-state index is -1.02. The van der Waals surface area contributed by atoms with Crippen LogP contribution in [0.15, 0.2) is 24.3 Å². The highest BCUT2D eigenvalue weighted by atomic mass is 17.5. The van der Waals surface area contributed by atoms with Crippen LogP contribution >= 0.6 is 0 Å². The van der Waals surface area contributed by atoms with Crippen molar-refractivity contribution in [3.05, 3.63) is 35.4 Å². The molecular formula is C27H44O6. The van der Waals surface area contributed by atoms with Crippen molar-refractivity contribution >= 4 is 12.1 Å². The van der Waals surface area contributed by atoms with Gasteiger partial charge in [0.15, 0.2) is 0 Å². The molecule has 188 valence electrons. The lowest BCUT2D eigenvalue weighted by atomic mass is 10.0. The molecule has 0 unspecified atom stereocenters. The lowest BCUT2D eigenvalue weighted by Crippen LogP contribution is -2.12. The van der Waals surface area contributed by atoms with Crippen LogP contribution in [0, 0.1) is 6.92 Å². The summed E-state index contributed by atoms with van der Waals surface area (Å²) in [7, 11) is 0. The predicted molar refractivity (Wildman–Crippen MR) is 130 cm³/mol. The first-order valence-corrected chi connectivity index (χ1v) is 12.9. The maximum absolute atomic E-state index is 11.7. The molecule has 1 aromatic rings. The Morgan fingerprint density at radius 2 is 1.21 bits per heavy atom. The van der Waals surface area contributed by atoms with E-state index in [0.29, 0.717) is 5.56 Å². The zero-order valence-electron chi connectivity index (χ0n) is 20.8. The fourth-order valence-corrected chi connectivity index (χ4v) is 3.73. The van der Waals surface area contributed by atoms with Crippen LogP contribution in [0.4, 0.5) is 4.79 Å². The molecule has 0 N–H and O–H groups in total. The molecule has 0 aliphatic rings. The van der Waals surface area contributed by atoms with E-state index in [9.17, 15) is 9.59 Å². The van der Waals surface area contributed by atoms with Crippen LogP contribution in [0.3, 0.4) is 0 Å². The molecule has 6 heteroatoms. The number of ether oxygens (including phenoxy) is 1. The van der Waals surface area contributed by atoms with Crippen LogP contribution in [-0.2, 0) is 19.6 Å². The Bertz CT molecular complexity index is 631. The average molecular weight is 465 g/mol. The van der Waals surface area contributed by atoms with Crippen LogP contribution in [0.1, 0.15) is 126 Å². The summed E-state index contributed by atoms with van der Waals surface area (Å²) in [6, 6.07) is 6.79. The van der Waals surface area contributed by atoms with E-state index >= 15 is 0 Å². The van der Waals surface area contributed by atoms with E-state index in [4.69, 9.17) is 4.74 Å². The summed E-state index contributed by atoms with van der Waals surface area (Å²) in [6.07, 6.45) is 19.6. The Hall–Kier alpha value is -2.08. The Kier molecular flexibility index (Phi) is 18.0. The Morgan fingerprint density at radius 3 is 1.73 bits per heavy atom. The molecule has 0 saturated heterocycles. The van der Waals surface area contributed by atoms with E-state index in [0.717, 1.165) is 24.8 Å². The van der Waals surface area contributed by atoms with Gasteiger partial charge in [-0.2, -0.15) is 0 Å². The minimum absolute atomic E-state index is 0.256. The molecule has 1 rings (SSSR count). The molecule has 33 heavy (non-hydrogen) atoms. The van der Waals surface area contributed by atoms with E-state index in [1.807, 2.05) is 13.0 Å². The fraction of sp³-hybridized carbons (Fsp3) is 0.704. The van der Waals surface area contributed by atoms with E-state index in [1.54, 1.807) is 18.2 Å². The van der Waals surface area contributed by atoms with Crippen molar-refractivity contribution in [2.45, 2.75) is 117 Å². The van der Waals surface area contributed by atoms with Gasteiger partial charge in [-0.25, -0.2) is 14.5 Å². The van der Waals surface area contributed by atoms with Gasteiger partial charge in [-0.05, 0) is 25.5 Å². The number of unbranched alkanes of at least 4 members (excludes halogenated alkanes) is 15. The number of aryl methyl sites for hydroxylation is 1. The molecular weight excluding hydrogens is 420 g/mol. The van der Waals surface area contributed by atoms with E-state index in [1.165, 1.54) is 83.5 Å². The van der Waals surface area contributed by atoms with Crippen molar-refractivity contribution in [3.63, 3.8) is 0 Å². The first-order chi connectivity index (χ1) is 16.1. The van der Waals surface area contributed by atoms with Gasteiger partial charge in [0, 0.05) is 0 Å². The summed E-state index contributed by atoms with van der Waals surface area (Å²) in [5.74, 6) is -0.746. The summed E-state index contributed by atoms with van der Waals surface area (Å²) < 4.78 is 4.89. The molecule has 0 aliphatic heterocycles. The van der Waals surface area contributed by atoms with Gasteiger partial charge in [0.25, 0.3) is 0 Å². The molecule has 0 saturated carbocycles. The second-order valence-corrected chi connectivity index (χ2v) is 8.79. The zero-order chi connectivity index (χ0) is 24.0. The lowest BCUT2D eigenvalue weighted by Gasteiger charge is -2.05. The lowest BCUT2D eigenvalue weighted by molar-refractivity contribution is -0.452. The Labute approximate surface area is 200 Å². The summed E-state index contributed by atoms with van der Waals surface area (Å²) in [6.45, 7) is 4.37. The third-order valence-corrected chi connectivity index (χ3v) is 5.68. The Balaban J connectivity index is 1.81. The summed E-state index contributed by atoms with van der Waals surface area (Å²) in [5.41, 5.74) is 1.21. The molecule has 1 aromatic carbocycles. The third kappa shape index (κ3) is 17.1. The molecule has 0 bridgehead atoms. The first-order valence-electron chi connectivity index (χ1n) is 12.9. The molecule has 0 amide bonds. The highest BCUT2D eigenvalue weighted by Gasteiger charge is 2.12. The van der Waals surface area contributed by atoms with Crippen molar-refractivity contribution in [2.24, 2.45) is 0 Å². The molecule has 0 spiro atoms. The molecule has 0 fully saturated rings. The highest BCUT2D eigenvalue weighted by molar-refractivity contribution is 5.89. The summed E-state index contributed by atoms with van der Waals surface area (Å²) in [5, 5.41) is 4.21. The number of carbonyl (C=O) groups excluding carboxylic acids is 2. The smallest absolute Gasteiger partial charge is 0.432 e. The molecule has 6 nitrogen and oxygen atoms in total. The van der Waals surface area contributed by atoms with Crippen LogP contribution in [-0.4, -0.2) is 18.7 Å². The van der Waals surface area contributed by atoms with Gasteiger partial charge in [0.1, 0.15) is 0 Å². The number of carbonyl (C=O) groups is 2. The minimum Gasteiger partial charge on any atom is -0.432 e. The highest BCUT2D eigenvalue weighted by Crippen LogP contribution is 2.14. The average Bonchev–Trinajstić information content (AvgIpc) is 2.81. The largest absolute Gasteiger partial charge is 0.543 e. The van der Waals surface area contributed by atoms with E-state index in [2.05, 4.69) is 21.7 Å². The monoisotopic (exact) mass is 464 g/mol. The zero-order valence-corrected chi connectivity index (χ0v) is 20.8. The molecule has 0 radical (unpaired) electrons. The van der Waals surface area contributed by atoms with Gasteiger partial charge in [-0.3, -0.25) is 4.89 Å². The van der Waals surface area contributed by atoms with Gasteiger partial charge >= 0.3 is 12.1 Å². The van der Waals surface area contributed by atoms with E-state index in [-0.39, 0.29) is 6.61 Å². The van der Waals surface area contributed by atoms with Crippen LogP contribution in [0.5, 0.6) is 0 Å². The van der Waals surface area contributed by atoms with Crippen LogP contribution < -0.4 is 0 Å². The fourth-order valence-electron chi connectivity index (χ4n) is 3.73. The SMILES string of the molecule is CCCCCCCCCCCCCCCCCCOC(=O)OOOC(=O)c1cccc(C)c1. The third-order valence-electron chi connectivity index (χ3n) is 5.68. The normalized spacial score (nSPS) is 10.7. The van der Waals surface area contributed by atoms with Crippen molar-refractivity contribution in [1.29, 1.82) is 0 Å². The second-order valence-electron chi connectivity index (χ2n) is 8.79. The second kappa shape index (κ2) is 20.5. The van der Waals surface area contributed by atoms with Gasteiger partial charge in [-0.1, -0.05) is 121 Å². The number of rotatable bonds is 20. The van der Waals surface area contributed by atoms with Crippen LogP contribution in [0.25, 0.3) is 0 Å². The van der Waals surface area contributed by atoms with Crippen molar-refractivity contribution < 1.29 is 29.1 Å². The van der Waals surface area contributed by atoms with E-state index < -0.39 is 12.1 Å². The maximum atomic E-state index is 11.7. The summed E-state index contributed by atoms with van der Waals surface area (Å²) >= 11 is 0. The first kappa shape index (κ1) is 29.0. The maximum Gasteiger partial charge on any atom is 0.543 e. The number of hydrogen-bond donors (Lipinski definition) is 0. The van der Waals surface area contributed by atoms with Crippen molar-refractivity contribution in [1.82, 2.24) is 0 Å². The topological polar surface area (TPSA) is 71.1 Å². The van der Waals surface area contributed by atoms with Crippen molar-refractivity contribution in [3.8, 4) is 0 Å². The van der Waals surface area contributed by atoms with Crippen LogP contribution in [0.2, 0.25) is 0 Å². The molecule has 0 aromatic heterocycles. The number of hydrogen-bond acceptors (Lipinski definition) is 6. The molecule has 0 atom stereocenters. The Morgan fingerprint density at radius 1 is 0.697 bits per heavy atom. The molecule has 0 aliphatic carbocycles. The standard InChI is InChI=1S/C27H44O6/c1-3-4-5-6-7-8-9-10-11-12-13-14-15-16-17-18-22-30-27(29)32-33-31-26(28)25-21-19-20-24(2)23-25/h19-21,23H,3-18,22H2,1-2H3.